The van der Waals surface area contributed by atoms with Gasteiger partial charge >= 0.3 is 0 Å². The van der Waals surface area contributed by atoms with E-state index in [1.807, 2.05) is 25.1 Å². The van der Waals surface area contributed by atoms with E-state index in [1.54, 1.807) is 12.1 Å². The summed E-state index contributed by atoms with van der Waals surface area (Å²) in [5.74, 6) is 0.0193. The molecule has 3 N–H and O–H groups in total. The first-order valence-electron chi connectivity index (χ1n) is 5.94. The zero-order chi connectivity index (χ0) is 14.3. The van der Waals surface area contributed by atoms with Crippen molar-refractivity contribution in [3.05, 3.63) is 40.9 Å². The van der Waals surface area contributed by atoms with Gasteiger partial charge in [-0.2, -0.15) is 0 Å². The summed E-state index contributed by atoms with van der Waals surface area (Å²) in [6.07, 6.45) is 0. The Hall–Kier alpha value is -2.40. The maximum atomic E-state index is 10.1. The molecule has 0 bridgehead atoms. The van der Waals surface area contributed by atoms with Crippen LogP contribution in [0.15, 0.2) is 30.3 Å². The summed E-state index contributed by atoms with van der Waals surface area (Å²) in [5.41, 5.74) is 8.91. The van der Waals surface area contributed by atoms with Gasteiger partial charge in [0.25, 0.3) is 0 Å². The summed E-state index contributed by atoms with van der Waals surface area (Å²) < 4.78 is 0. The molecule has 0 saturated carbocycles. The van der Waals surface area contributed by atoms with Crippen molar-refractivity contribution < 1.29 is 5.11 Å². The van der Waals surface area contributed by atoms with E-state index in [4.69, 9.17) is 17.3 Å². The highest BCUT2D eigenvalue weighted by Crippen LogP contribution is 2.34. The van der Waals surface area contributed by atoms with E-state index in [1.165, 1.54) is 0 Å². The molecular weight excluding hydrogens is 276 g/mol. The molecule has 20 heavy (non-hydrogen) atoms. The van der Waals surface area contributed by atoms with E-state index in [-0.39, 0.29) is 11.7 Å². The lowest BCUT2D eigenvalue weighted by atomic mass is 10.0. The number of nitrogens with two attached hydrogens (primary N) is 1. The summed E-state index contributed by atoms with van der Waals surface area (Å²) in [6.45, 7) is 1.97. The molecule has 1 heterocycles. The summed E-state index contributed by atoms with van der Waals surface area (Å²) >= 11 is 6.21. The minimum Gasteiger partial charge on any atom is -0.506 e. The van der Waals surface area contributed by atoms with E-state index in [0.717, 1.165) is 16.7 Å². The van der Waals surface area contributed by atoms with Gasteiger partial charge in [-0.15, -0.1) is 10.2 Å². The van der Waals surface area contributed by atoms with Crippen molar-refractivity contribution >= 4 is 28.6 Å². The molecule has 2 aromatic carbocycles. The van der Waals surface area contributed by atoms with E-state index < -0.39 is 0 Å². The van der Waals surface area contributed by atoms with Crippen molar-refractivity contribution in [2.24, 2.45) is 0 Å². The first-order chi connectivity index (χ1) is 9.54. The Morgan fingerprint density at radius 1 is 1.15 bits per heavy atom. The molecule has 0 fully saturated rings. The third-order valence-corrected chi connectivity index (χ3v) is 3.32. The Labute approximate surface area is 120 Å². The molecule has 0 saturated heterocycles. The number of fused-ring (bicyclic) bond motifs is 1. The van der Waals surface area contributed by atoms with Crippen LogP contribution >= 0.6 is 11.6 Å². The first kappa shape index (κ1) is 12.6. The van der Waals surface area contributed by atoms with Crippen molar-refractivity contribution in [3.63, 3.8) is 0 Å². The zero-order valence-electron chi connectivity index (χ0n) is 10.6. The second-order valence-electron chi connectivity index (χ2n) is 4.52. The molecule has 0 aliphatic rings. The number of aromatic nitrogens is 3. The molecule has 0 aliphatic carbocycles. The zero-order valence-corrected chi connectivity index (χ0v) is 11.4. The fourth-order valence-electron chi connectivity index (χ4n) is 2.05. The molecule has 0 radical (unpaired) electrons. The minimum absolute atomic E-state index is 0.00308. The van der Waals surface area contributed by atoms with Crippen LogP contribution in [0.4, 0.5) is 5.95 Å². The van der Waals surface area contributed by atoms with Crippen LogP contribution in [0.3, 0.4) is 0 Å². The molecule has 0 aliphatic heterocycles. The van der Waals surface area contributed by atoms with Crippen LogP contribution < -0.4 is 5.73 Å². The van der Waals surface area contributed by atoms with Crippen molar-refractivity contribution in [1.82, 2.24) is 15.2 Å². The quantitative estimate of drug-likeness (QED) is 0.718. The summed E-state index contributed by atoms with van der Waals surface area (Å²) in [6, 6.07) is 9.06. The Bertz CT molecular complexity index is 820. The van der Waals surface area contributed by atoms with Gasteiger partial charge in [-0.1, -0.05) is 23.2 Å². The second-order valence-corrected chi connectivity index (χ2v) is 4.92. The van der Waals surface area contributed by atoms with Crippen LogP contribution in [0.5, 0.6) is 5.75 Å². The SMILES string of the molecule is Cc1ccc(Cl)c(-c2cc(O)c3nc(N)nnc3c2)c1. The van der Waals surface area contributed by atoms with Crippen LogP contribution in [-0.4, -0.2) is 20.3 Å². The second kappa shape index (κ2) is 4.61. The lowest BCUT2D eigenvalue weighted by molar-refractivity contribution is 0.480. The number of hydrogen-bond acceptors (Lipinski definition) is 5. The Morgan fingerprint density at radius 2 is 1.95 bits per heavy atom. The number of nitrogens with zero attached hydrogens (tertiary/aromatic N) is 3. The third-order valence-electron chi connectivity index (χ3n) is 2.99. The van der Waals surface area contributed by atoms with Gasteiger partial charge in [0.1, 0.15) is 16.8 Å². The van der Waals surface area contributed by atoms with Crippen LogP contribution in [0.25, 0.3) is 22.2 Å². The maximum absolute atomic E-state index is 10.1. The van der Waals surface area contributed by atoms with Gasteiger partial charge in [-0.3, -0.25) is 0 Å². The highest BCUT2D eigenvalue weighted by atomic mass is 35.5. The van der Waals surface area contributed by atoms with Gasteiger partial charge in [0.05, 0.1) is 0 Å². The fraction of sp³-hybridized carbons (Fsp3) is 0.0714. The van der Waals surface area contributed by atoms with Gasteiger partial charge in [-0.05, 0) is 36.8 Å². The smallest absolute Gasteiger partial charge is 0.240 e. The largest absolute Gasteiger partial charge is 0.506 e. The van der Waals surface area contributed by atoms with Gasteiger partial charge < -0.3 is 10.8 Å². The molecule has 0 spiro atoms. The molecule has 3 rings (SSSR count). The number of phenols is 1. The van der Waals surface area contributed by atoms with Crippen LogP contribution in [0, 0.1) is 6.92 Å². The lowest BCUT2D eigenvalue weighted by Crippen LogP contribution is -1.98. The number of halogens is 1. The Kier molecular flexibility index (Phi) is 2.91. The van der Waals surface area contributed by atoms with Crippen molar-refractivity contribution in [1.29, 1.82) is 0 Å². The van der Waals surface area contributed by atoms with E-state index >= 15 is 0 Å². The maximum Gasteiger partial charge on any atom is 0.240 e. The van der Waals surface area contributed by atoms with Crippen molar-refractivity contribution in [3.8, 4) is 16.9 Å². The first-order valence-corrected chi connectivity index (χ1v) is 6.32. The molecule has 0 amide bonds. The highest BCUT2D eigenvalue weighted by molar-refractivity contribution is 6.33. The molecule has 1 aromatic heterocycles. The third kappa shape index (κ3) is 2.12. The monoisotopic (exact) mass is 286 g/mol. The number of phenolic OH excluding ortho intramolecular Hbond substituents is 1. The van der Waals surface area contributed by atoms with Crippen molar-refractivity contribution in [2.75, 3.05) is 5.73 Å². The highest BCUT2D eigenvalue weighted by Gasteiger charge is 2.11. The van der Waals surface area contributed by atoms with Gasteiger partial charge in [-0.25, -0.2) is 4.98 Å². The Balaban J connectivity index is 2.27. The minimum atomic E-state index is -0.00308. The van der Waals surface area contributed by atoms with Gasteiger partial charge in [0.15, 0.2) is 0 Å². The average molecular weight is 287 g/mol. The predicted octanol–water partition coefficient (Wildman–Crippen LogP) is 2.94. The van der Waals surface area contributed by atoms with Crippen LogP contribution in [0.2, 0.25) is 5.02 Å². The number of aromatic hydroxyl groups is 1. The predicted molar refractivity (Wildman–Crippen MR) is 78.6 cm³/mol. The number of hydrogen-bond donors (Lipinski definition) is 2. The van der Waals surface area contributed by atoms with E-state index in [0.29, 0.717) is 16.1 Å². The molecule has 0 atom stereocenters. The number of benzene rings is 2. The van der Waals surface area contributed by atoms with Crippen LogP contribution in [-0.2, 0) is 0 Å². The number of aryl methyl sites for hydroxylation is 1. The summed E-state index contributed by atoms with van der Waals surface area (Å²) in [7, 11) is 0. The van der Waals surface area contributed by atoms with Crippen LogP contribution in [0.1, 0.15) is 5.56 Å². The van der Waals surface area contributed by atoms with E-state index in [2.05, 4.69) is 15.2 Å². The number of nitrogen functional groups attached to an aromatic ring is 1. The number of anilines is 1. The summed E-state index contributed by atoms with van der Waals surface area (Å²) in [4.78, 5) is 3.97. The van der Waals surface area contributed by atoms with E-state index in [9.17, 15) is 5.11 Å². The lowest BCUT2D eigenvalue weighted by Gasteiger charge is -2.08. The number of rotatable bonds is 1. The fourth-order valence-corrected chi connectivity index (χ4v) is 2.28. The summed E-state index contributed by atoms with van der Waals surface area (Å²) in [5, 5.41) is 18.3. The van der Waals surface area contributed by atoms with Crippen molar-refractivity contribution in [2.45, 2.75) is 6.92 Å². The van der Waals surface area contributed by atoms with Gasteiger partial charge in [0, 0.05) is 10.6 Å². The molecule has 5 nitrogen and oxygen atoms in total. The Morgan fingerprint density at radius 3 is 2.75 bits per heavy atom. The average Bonchev–Trinajstić information content (AvgIpc) is 2.42. The molecule has 3 aromatic rings. The standard InChI is InChI=1S/C14H11ClN4O/c1-7-2-3-10(15)9(4-7)8-5-11-13(12(20)6-8)17-14(16)19-18-11/h2-6,20H,1H3,(H2,16,17,19). The van der Waals surface area contributed by atoms with Gasteiger partial charge in [0.2, 0.25) is 5.95 Å². The molecular formula is C14H11ClN4O. The molecule has 0 unspecified atom stereocenters. The molecule has 100 valence electrons. The molecule has 6 heteroatoms. The normalized spacial score (nSPS) is 10.9. The topological polar surface area (TPSA) is 84.9 Å².